The predicted octanol–water partition coefficient (Wildman–Crippen LogP) is 2.40. The molecular weight excluding hydrogens is 194 g/mol. The molecule has 14 heavy (non-hydrogen) atoms. The first-order valence-electron chi connectivity index (χ1n) is 4.51. The van der Waals surface area contributed by atoms with Crippen molar-refractivity contribution in [1.29, 1.82) is 0 Å². The number of nitrogens with zero attached hydrogens (tertiary/aromatic N) is 1. The molecule has 0 saturated carbocycles. The highest BCUT2D eigenvalue weighted by atomic mass is 32.1. The quantitative estimate of drug-likeness (QED) is 0.753. The summed E-state index contributed by atoms with van der Waals surface area (Å²) in [6, 6.07) is 3.91. The molecule has 3 heteroatoms. The lowest BCUT2D eigenvalue weighted by Crippen LogP contribution is -2.14. The van der Waals surface area contributed by atoms with Gasteiger partial charge in [0.1, 0.15) is 0 Å². The number of rotatable bonds is 5. The average Bonchev–Trinajstić information content (AvgIpc) is 2.67. The fourth-order valence-electron chi connectivity index (χ4n) is 1.17. The second-order valence-electron chi connectivity index (χ2n) is 3.13. The second kappa shape index (κ2) is 5.66. The molecular formula is C11H15NOS. The van der Waals surface area contributed by atoms with Gasteiger partial charge in [-0.05, 0) is 17.9 Å². The molecule has 1 N–H and O–H groups in total. The molecule has 0 bridgehead atoms. The van der Waals surface area contributed by atoms with Crippen molar-refractivity contribution in [2.75, 3.05) is 13.6 Å². The van der Waals surface area contributed by atoms with Crippen LogP contribution in [0.2, 0.25) is 0 Å². The first kappa shape index (κ1) is 11.1. The van der Waals surface area contributed by atoms with Crippen molar-refractivity contribution in [1.82, 2.24) is 4.90 Å². The van der Waals surface area contributed by atoms with Crippen LogP contribution in [-0.2, 0) is 0 Å². The number of hydrogen-bond acceptors (Lipinski definition) is 3. The van der Waals surface area contributed by atoms with Gasteiger partial charge in [0.15, 0.2) is 0 Å². The SMILES string of the molecule is C=C=CN(C)CCC(O)c1cccs1. The summed E-state index contributed by atoms with van der Waals surface area (Å²) in [6.07, 6.45) is 2.16. The Bertz CT molecular complexity index is 301. The molecule has 76 valence electrons. The monoisotopic (exact) mass is 209 g/mol. The van der Waals surface area contributed by atoms with Gasteiger partial charge in [-0.25, -0.2) is 0 Å². The number of aliphatic hydroxyl groups is 1. The van der Waals surface area contributed by atoms with E-state index in [0.29, 0.717) is 0 Å². The Morgan fingerprint density at radius 1 is 1.79 bits per heavy atom. The molecule has 1 unspecified atom stereocenters. The summed E-state index contributed by atoms with van der Waals surface area (Å²) >= 11 is 1.59. The first-order valence-corrected chi connectivity index (χ1v) is 5.39. The Hall–Kier alpha value is -1.02. The van der Waals surface area contributed by atoms with E-state index in [1.165, 1.54) is 0 Å². The fraction of sp³-hybridized carbons (Fsp3) is 0.364. The van der Waals surface area contributed by atoms with Crippen molar-refractivity contribution >= 4 is 11.3 Å². The lowest BCUT2D eigenvalue weighted by Gasteiger charge is -2.15. The molecule has 1 aromatic rings. The van der Waals surface area contributed by atoms with Crippen molar-refractivity contribution in [3.8, 4) is 0 Å². The van der Waals surface area contributed by atoms with Crippen LogP contribution in [0.5, 0.6) is 0 Å². The topological polar surface area (TPSA) is 23.5 Å². The maximum absolute atomic E-state index is 9.76. The highest BCUT2D eigenvalue weighted by molar-refractivity contribution is 7.10. The maximum Gasteiger partial charge on any atom is 0.0898 e. The minimum atomic E-state index is -0.351. The van der Waals surface area contributed by atoms with Crippen LogP contribution in [0, 0.1) is 0 Å². The zero-order valence-corrected chi connectivity index (χ0v) is 9.13. The van der Waals surface area contributed by atoms with Crippen LogP contribution in [0.15, 0.2) is 36.0 Å². The first-order chi connectivity index (χ1) is 6.74. The van der Waals surface area contributed by atoms with Gasteiger partial charge in [0, 0.05) is 24.7 Å². The summed E-state index contributed by atoms with van der Waals surface area (Å²) in [6.45, 7) is 4.30. The Morgan fingerprint density at radius 3 is 3.14 bits per heavy atom. The minimum absolute atomic E-state index is 0.351. The summed E-state index contributed by atoms with van der Waals surface area (Å²) in [5.74, 6) is 0. The molecule has 2 nitrogen and oxygen atoms in total. The van der Waals surface area contributed by atoms with Crippen LogP contribution in [0.1, 0.15) is 17.4 Å². The molecule has 1 heterocycles. The molecule has 0 aromatic carbocycles. The van der Waals surface area contributed by atoms with Crippen molar-refractivity contribution in [3.63, 3.8) is 0 Å². The molecule has 0 aliphatic rings. The van der Waals surface area contributed by atoms with E-state index in [2.05, 4.69) is 12.3 Å². The van der Waals surface area contributed by atoms with Gasteiger partial charge >= 0.3 is 0 Å². The Morgan fingerprint density at radius 2 is 2.57 bits per heavy atom. The van der Waals surface area contributed by atoms with Crippen molar-refractivity contribution in [3.05, 3.63) is 40.9 Å². The highest BCUT2D eigenvalue weighted by Crippen LogP contribution is 2.21. The second-order valence-corrected chi connectivity index (χ2v) is 4.11. The van der Waals surface area contributed by atoms with Crippen LogP contribution in [0.3, 0.4) is 0 Å². The normalized spacial score (nSPS) is 11.9. The molecule has 0 aliphatic carbocycles. The van der Waals surface area contributed by atoms with Crippen molar-refractivity contribution in [2.24, 2.45) is 0 Å². The van der Waals surface area contributed by atoms with E-state index >= 15 is 0 Å². The number of hydrogen-bond donors (Lipinski definition) is 1. The van der Waals surface area contributed by atoms with E-state index in [4.69, 9.17) is 0 Å². The summed E-state index contributed by atoms with van der Waals surface area (Å²) in [7, 11) is 1.94. The van der Waals surface area contributed by atoms with Gasteiger partial charge in [0.25, 0.3) is 0 Å². The number of aliphatic hydroxyl groups excluding tert-OH is 1. The molecule has 0 aliphatic heterocycles. The standard InChI is InChI=1S/C11H15NOS/c1-3-7-12(2)8-6-10(13)11-5-4-9-14-11/h4-5,7,9-10,13H,1,6,8H2,2H3. The van der Waals surface area contributed by atoms with Gasteiger partial charge < -0.3 is 10.0 Å². The van der Waals surface area contributed by atoms with Crippen LogP contribution < -0.4 is 0 Å². The molecule has 1 aromatic heterocycles. The Balaban J connectivity index is 2.35. The van der Waals surface area contributed by atoms with Gasteiger partial charge in [-0.1, -0.05) is 12.6 Å². The molecule has 0 fully saturated rings. The van der Waals surface area contributed by atoms with E-state index in [1.54, 1.807) is 17.5 Å². The van der Waals surface area contributed by atoms with Crippen LogP contribution in [0.4, 0.5) is 0 Å². The maximum atomic E-state index is 9.76. The molecule has 0 spiro atoms. The Labute approximate surface area is 88.8 Å². The molecule has 1 atom stereocenters. The van der Waals surface area contributed by atoms with Crippen molar-refractivity contribution < 1.29 is 5.11 Å². The van der Waals surface area contributed by atoms with Gasteiger partial charge in [0.2, 0.25) is 0 Å². The lowest BCUT2D eigenvalue weighted by molar-refractivity contribution is 0.160. The molecule has 1 rings (SSSR count). The van der Waals surface area contributed by atoms with Crippen LogP contribution >= 0.6 is 11.3 Å². The predicted molar refractivity (Wildman–Crippen MR) is 60.2 cm³/mol. The molecule has 0 radical (unpaired) electrons. The summed E-state index contributed by atoms with van der Waals surface area (Å²) in [5, 5.41) is 11.7. The van der Waals surface area contributed by atoms with E-state index in [-0.39, 0.29) is 6.10 Å². The van der Waals surface area contributed by atoms with Gasteiger partial charge in [-0.15, -0.1) is 17.1 Å². The number of thiophene rings is 1. The van der Waals surface area contributed by atoms with E-state index in [9.17, 15) is 5.11 Å². The average molecular weight is 209 g/mol. The Kier molecular flexibility index (Phi) is 4.47. The van der Waals surface area contributed by atoms with Crippen LogP contribution in [-0.4, -0.2) is 23.6 Å². The third-order valence-electron chi connectivity index (χ3n) is 1.94. The third kappa shape index (κ3) is 3.38. The zero-order valence-electron chi connectivity index (χ0n) is 8.31. The molecule has 0 saturated heterocycles. The van der Waals surface area contributed by atoms with Gasteiger partial charge in [-0.2, -0.15) is 0 Å². The minimum Gasteiger partial charge on any atom is -0.388 e. The van der Waals surface area contributed by atoms with Crippen molar-refractivity contribution in [2.45, 2.75) is 12.5 Å². The molecule has 0 amide bonds. The van der Waals surface area contributed by atoms with Gasteiger partial charge in [-0.3, -0.25) is 0 Å². The fourth-order valence-corrected chi connectivity index (χ4v) is 1.92. The smallest absolute Gasteiger partial charge is 0.0898 e. The summed E-state index contributed by atoms with van der Waals surface area (Å²) in [5.41, 5.74) is 2.70. The lowest BCUT2D eigenvalue weighted by atomic mass is 10.2. The van der Waals surface area contributed by atoms with Gasteiger partial charge in [0.05, 0.1) is 6.10 Å². The van der Waals surface area contributed by atoms with E-state index in [0.717, 1.165) is 17.8 Å². The highest BCUT2D eigenvalue weighted by Gasteiger charge is 2.08. The van der Waals surface area contributed by atoms with Crippen LogP contribution in [0.25, 0.3) is 0 Å². The largest absolute Gasteiger partial charge is 0.388 e. The third-order valence-corrected chi connectivity index (χ3v) is 2.91. The summed E-state index contributed by atoms with van der Waals surface area (Å²) in [4.78, 5) is 2.99. The van der Waals surface area contributed by atoms with E-state index < -0.39 is 0 Å². The van der Waals surface area contributed by atoms with E-state index in [1.807, 2.05) is 29.5 Å². The zero-order chi connectivity index (χ0) is 10.4. The summed E-state index contributed by atoms with van der Waals surface area (Å²) < 4.78 is 0.